The van der Waals surface area contributed by atoms with Crippen LogP contribution in [0.3, 0.4) is 0 Å². The summed E-state index contributed by atoms with van der Waals surface area (Å²) >= 11 is 0. The first-order valence-electron chi connectivity index (χ1n) is 11.3. The van der Waals surface area contributed by atoms with E-state index in [0.29, 0.717) is 31.0 Å². The summed E-state index contributed by atoms with van der Waals surface area (Å²) in [7, 11) is 1.69. The van der Waals surface area contributed by atoms with Gasteiger partial charge in [0.05, 0.1) is 0 Å². The lowest BCUT2D eigenvalue weighted by atomic mass is 9.78. The number of aromatic nitrogens is 1. The van der Waals surface area contributed by atoms with Crippen LogP contribution in [0.25, 0.3) is 0 Å². The molecule has 1 aromatic rings. The largest absolute Gasteiger partial charge is 0.342 e. The quantitative estimate of drug-likeness (QED) is 0.753. The van der Waals surface area contributed by atoms with Crippen molar-refractivity contribution in [1.29, 1.82) is 5.41 Å². The van der Waals surface area contributed by atoms with Crippen LogP contribution >= 0.6 is 0 Å². The first-order valence-corrected chi connectivity index (χ1v) is 11.3. The molecule has 3 heterocycles. The second-order valence-electron chi connectivity index (χ2n) is 9.31. The molecule has 30 heavy (non-hydrogen) atoms. The maximum absolute atomic E-state index is 13.2. The number of likely N-dealkylation sites (N-methyl/N-ethyl adjacent to an activating group) is 1. The second kappa shape index (κ2) is 8.74. The Morgan fingerprint density at radius 1 is 1.20 bits per heavy atom. The number of carbonyl (C=O) groups excluding carboxylic acids is 2. The van der Waals surface area contributed by atoms with Gasteiger partial charge in [-0.1, -0.05) is 32.1 Å². The van der Waals surface area contributed by atoms with Gasteiger partial charge in [0.2, 0.25) is 0 Å². The van der Waals surface area contributed by atoms with Crippen LogP contribution in [0.4, 0.5) is 0 Å². The molecule has 3 fully saturated rings. The zero-order chi connectivity index (χ0) is 21.1. The van der Waals surface area contributed by atoms with E-state index in [1.54, 1.807) is 31.6 Å². The van der Waals surface area contributed by atoms with Crippen LogP contribution in [0.15, 0.2) is 24.5 Å². The predicted molar refractivity (Wildman–Crippen MR) is 115 cm³/mol. The van der Waals surface area contributed by atoms with Gasteiger partial charge in [-0.25, -0.2) is 0 Å². The molecule has 1 aromatic heterocycles. The second-order valence-corrected chi connectivity index (χ2v) is 9.31. The van der Waals surface area contributed by atoms with Crippen molar-refractivity contribution in [3.63, 3.8) is 0 Å². The van der Waals surface area contributed by atoms with Gasteiger partial charge in [0.15, 0.2) is 5.96 Å². The van der Waals surface area contributed by atoms with Gasteiger partial charge in [-0.05, 0) is 49.7 Å². The smallest absolute Gasteiger partial charge is 0.254 e. The number of nitrogens with one attached hydrogen (secondary N) is 2. The number of guanidine groups is 1. The summed E-state index contributed by atoms with van der Waals surface area (Å²) in [5.74, 6) is 1.21. The van der Waals surface area contributed by atoms with Crippen LogP contribution in [0, 0.1) is 17.2 Å². The van der Waals surface area contributed by atoms with E-state index in [2.05, 4.69) is 10.3 Å². The summed E-state index contributed by atoms with van der Waals surface area (Å²) in [6, 6.07) is 3.50. The summed E-state index contributed by atoms with van der Waals surface area (Å²) in [4.78, 5) is 33.3. The number of hydrogen-bond donors (Lipinski definition) is 2. The number of likely N-dealkylation sites (tertiary alicyclic amines) is 1. The van der Waals surface area contributed by atoms with Crippen molar-refractivity contribution in [2.45, 2.75) is 63.3 Å². The summed E-state index contributed by atoms with van der Waals surface area (Å²) in [5, 5.41) is 11.4. The lowest BCUT2D eigenvalue weighted by molar-refractivity contribution is -0.131. The fourth-order valence-corrected chi connectivity index (χ4v) is 5.48. The summed E-state index contributed by atoms with van der Waals surface area (Å²) in [5.41, 5.74) is -0.0295. The molecule has 4 rings (SSSR count). The Labute approximate surface area is 178 Å². The number of pyridine rings is 1. The van der Waals surface area contributed by atoms with Gasteiger partial charge in [-0.2, -0.15) is 0 Å². The summed E-state index contributed by atoms with van der Waals surface area (Å²) in [6.07, 6.45) is 13.1. The molecule has 0 spiro atoms. The molecule has 7 nitrogen and oxygen atoms in total. The first-order chi connectivity index (χ1) is 14.5. The third-order valence-corrected chi connectivity index (χ3v) is 7.25. The highest BCUT2D eigenvalue weighted by Gasteiger charge is 2.49. The molecule has 0 radical (unpaired) electrons. The Hall–Kier alpha value is -2.44. The molecule has 0 unspecified atom stereocenters. The van der Waals surface area contributed by atoms with Gasteiger partial charge < -0.3 is 10.2 Å². The lowest BCUT2D eigenvalue weighted by Crippen LogP contribution is -2.49. The molecule has 0 bridgehead atoms. The van der Waals surface area contributed by atoms with E-state index in [-0.39, 0.29) is 23.7 Å². The van der Waals surface area contributed by atoms with Crippen LogP contribution in [0.2, 0.25) is 0 Å². The van der Waals surface area contributed by atoms with Crippen LogP contribution < -0.4 is 5.32 Å². The molecule has 2 saturated heterocycles. The van der Waals surface area contributed by atoms with E-state index in [1.165, 1.54) is 37.0 Å². The van der Waals surface area contributed by atoms with E-state index in [9.17, 15) is 9.59 Å². The van der Waals surface area contributed by atoms with E-state index >= 15 is 0 Å². The maximum atomic E-state index is 13.2. The van der Waals surface area contributed by atoms with Crippen LogP contribution in [0.5, 0.6) is 0 Å². The number of amides is 2. The third-order valence-electron chi connectivity index (χ3n) is 7.25. The minimum atomic E-state index is -0.691. The minimum absolute atomic E-state index is 0.0159. The molecule has 2 amide bonds. The molecule has 7 heteroatoms. The van der Waals surface area contributed by atoms with Gasteiger partial charge in [0.25, 0.3) is 11.8 Å². The van der Waals surface area contributed by atoms with Gasteiger partial charge in [-0.3, -0.25) is 24.9 Å². The van der Waals surface area contributed by atoms with Crippen molar-refractivity contribution in [2.75, 3.05) is 20.1 Å². The highest BCUT2D eigenvalue weighted by Crippen LogP contribution is 2.36. The average molecular weight is 412 g/mol. The highest BCUT2D eigenvalue weighted by atomic mass is 16.2. The molecule has 1 saturated carbocycles. The standard InChI is InChI=1S/C23H33N5O2/c1-27-21(30)23(26-22(27)24,11-7-17-5-3-2-4-6-17)15-18-10-14-28(16-18)20(29)19-8-12-25-13-9-19/h8-9,12-13,17-18H,2-7,10-11,14-16H2,1H3,(H2,24,26)/t18-,23-/m0/s1. The van der Waals surface area contributed by atoms with E-state index in [4.69, 9.17) is 5.41 Å². The number of hydrogen-bond acceptors (Lipinski definition) is 4. The van der Waals surface area contributed by atoms with Gasteiger partial charge in [0.1, 0.15) is 5.54 Å². The zero-order valence-electron chi connectivity index (χ0n) is 17.9. The molecule has 3 aliphatic rings. The zero-order valence-corrected chi connectivity index (χ0v) is 17.9. The highest BCUT2D eigenvalue weighted by molar-refractivity contribution is 6.07. The summed E-state index contributed by atoms with van der Waals surface area (Å²) in [6.45, 7) is 1.38. The van der Waals surface area contributed by atoms with Crippen molar-refractivity contribution in [2.24, 2.45) is 11.8 Å². The van der Waals surface area contributed by atoms with Gasteiger partial charge in [0, 0.05) is 38.1 Å². The fraction of sp³-hybridized carbons (Fsp3) is 0.652. The minimum Gasteiger partial charge on any atom is -0.342 e. The Kier molecular flexibility index (Phi) is 6.06. The van der Waals surface area contributed by atoms with Crippen molar-refractivity contribution in [3.05, 3.63) is 30.1 Å². The molecule has 1 aliphatic carbocycles. The molecule has 0 aromatic carbocycles. The summed E-state index contributed by atoms with van der Waals surface area (Å²) < 4.78 is 0. The van der Waals surface area contributed by atoms with Crippen molar-refractivity contribution in [3.8, 4) is 0 Å². The predicted octanol–water partition coefficient (Wildman–Crippen LogP) is 3.03. The normalized spacial score (nSPS) is 27.6. The maximum Gasteiger partial charge on any atom is 0.254 e. The topological polar surface area (TPSA) is 89.4 Å². The Morgan fingerprint density at radius 3 is 2.60 bits per heavy atom. The fourth-order valence-electron chi connectivity index (χ4n) is 5.48. The van der Waals surface area contributed by atoms with Crippen molar-refractivity contribution >= 4 is 17.8 Å². The molecular weight excluding hydrogens is 378 g/mol. The van der Waals surface area contributed by atoms with E-state index in [1.807, 2.05) is 4.90 Å². The molecule has 162 valence electrons. The SMILES string of the molecule is CN1C(=N)N[C@@](CCC2CCCCC2)(C[C@@H]2CCN(C(=O)c3ccncc3)C2)C1=O. The first kappa shape index (κ1) is 20.8. The Balaban J connectivity index is 1.42. The van der Waals surface area contributed by atoms with Crippen LogP contribution in [0.1, 0.15) is 68.1 Å². The average Bonchev–Trinajstić information content (AvgIpc) is 3.32. The van der Waals surface area contributed by atoms with Crippen LogP contribution in [-0.4, -0.2) is 58.2 Å². The Morgan fingerprint density at radius 2 is 1.93 bits per heavy atom. The van der Waals surface area contributed by atoms with Crippen LogP contribution in [-0.2, 0) is 4.79 Å². The van der Waals surface area contributed by atoms with Crippen molar-refractivity contribution in [1.82, 2.24) is 20.1 Å². The molecule has 2 N–H and O–H groups in total. The number of nitrogens with zero attached hydrogens (tertiary/aromatic N) is 3. The van der Waals surface area contributed by atoms with Crippen molar-refractivity contribution < 1.29 is 9.59 Å². The van der Waals surface area contributed by atoms with E-state index in [0.717, 1.165) is 19.3 Å². The van der Waals surface area contributed by atoms with E-state index < -0.39 is 5.54 Å². The molecule has 2 atom stereocenters. The molecule has 2 aliphatic heterocycles. The monoisotopic (exact) mass is 411 g/mol. The molecular formula is C23H33N5O2. The third kappa shape index (κ3) is 4.20. The lowest BCUT2D eigenvalue weighted by Gasteiger charge is -2.32. The number of rotatable bonds is 6. The van der Waals surface area contributed by atoms with Gasteiger partial charge >= 0.3 is 0 Å². The Bertz CT molecular complexity index is 792. The number of carbonyl (C=O) groups is 2. The van der Waals surface area contributed by atoms with Gasteiger partial charge in [-0.15, -0.1) is 0 Å².